The van der Waals surface area contributed by atoms with E-state index in [1.54, 1.807) is 24.1 Å². The van der Waals surface area contributed by atoms with Gasteiger partial charge in [-0.2, -0.15) is 9.49 Å². The second kappa shape index (κ2) is 8.14. The Morgan fingerprint density at radius 3 is 2.83 bits per heavy atom. The van der Waals surface area contributed by atoms with Crippen molar-refractivity contribution >= 4 is 34.6 Å². The third-order valence-corrected chi connectivity index (χ3v) is 4.62. The highest BCUT2D eigenvalue weighted by Gasteiger charge is 2.22. The molecule has 0 saturated heterocycles. The van der Waals surface area contributed by atoms with E-state index >= 15 is 0 Å². The molecule has 0 fully saturated rings. The normalized spacial score (nSPS) is 11.7. The third kappa shape index (κ3) is 4.60. The first-order chi connectivity index (χ1) is 13.7. The maximum absolute atomic E-state index is 13.4. The molecule has 1 atom stereocenters. The number of thiazole rings is 1. The molecule has 1 N–H and O–H groups in total. The first-order valence-corrected chi connectivity index (χ1v) is 9.03. The lowest BCUT2D eigenvalue weighted by atomic mass is 10.2. The van der Waals surface area contributed by atoms with E-state index in [0.29, 0.717) is 5.01 Å². The average Bonchev–Trinajstić information content (AvgIpc) is 3.32. The van der Waals surface area contributed by atoms with Crippen molar-refractivity contribution in [3.63, 3.8) is 0 Å². The number of aryl methyl sites for hydroxylation is 1. The van der Waals surface area contributed by atoms with Crippen LogP contribution < -0.4 is 5.32 Å². The van der Waals surface area contributed by atoms with Gasteiger partial charge in [-0.15, -0.1) is 11.3 Å². The Balaban J connectivity index is 1.64. The van der Waals surface area contributed by atoms with Crippen LogP contribution >= 0.6 is 11.3 Å². The molecule has 0 aliphatic carbocycles. The molecule has 3 rings (SSSR count). The van der Waals surface area contributed by atoms with Gasteiger partial charge in [0.15, 0.2) is 11.8 Å². The van der Waals surface area contributed by atoms with Gasteiger partial charge in [-0.25, -0.2) is 9.78 Å². The number of nitrogens with one attached hydrogen (secondary N) is 1. The number of benzene rings is 1. The van der Waals surface area contributed by atoms with E-state index in [-0.39, 0.29) is 11.4 Å². The van der Waals surface area contributed by atoms with Gasteiger partial charge < -0.3 is 10.1 Å². The Morgan fingerprint density at radius 2 is 2.17 bits per heavy atom. The summed E-state index contributed by atoms with van der Waals surface area (Å²) in [5.74, 6) is -2.56. The average molecular weight is 419 g/mol. The van der Waals surface area contributed by atoms with Crippen LogP contribution in [0.1, 0.15) is 17.4 Å². The summed E-state index contributed by atoms with van der Waals surface area (Å²) in [6, 6.07) is 2.90. The van der Waals surface area contributed by atoms with Crippen LogP contribution in [0.5, 0.6) is 0 Å². The van der Waals surface area contributed by atoms with Gasteiger partial charge in [0.25, 0.3) is 5.91 Å². The molecule has 0 aliphatic heterocycles. The van der Waals surface area contributed by atoms with Crippen molar-refractivity contribution in [2.24, 2.45) is 7.05 Å². The first-order valence-electron chi connectivity index (χ1n) is 8.15. The molecule has 0 aliphatic rings. The summed E-state index contributed by atoms with van der Waals surface area (Å²) in [6.45, 7) is 1.33. The van der Waals surface area contributed by atoms with E-state index in [2.05, 4.69) is 15.4 Å². The van der Waals surface area contributed by atoms with Crippen molar-refractivity contribution < 1.29 is 23.6 Å². The van der Waals surface area contributed by atoms with Crippen LogP contribution in [0.4, 0.5) is 15.8 Å². The first kappa shape index (κ1) is 20.1. The molecule has 0 spiro atoms. The number of nitro groups is 1. The summed E-state index contributed by atoms with van der Waals surface area (Å²) in [7, 11) is 1.75. The molecule has 29 heavy (non-hydrogen) atoms. The Morgan fingerprint density at radius 1 is 1.41 bits per heavy atom. The maximum atomic E-state index is 13.4. The fourth-order valence-corrected chi connectivity index (χ4v) is 3.05. The second-order valence-corrected chi connectivity index (χ2v) is 6.76. The lowest BCUT2D eigenvalue weighted by Crippen LogP contribution is -2.30. The topological polar surface area (TPSA) is 129 Å². The number of rotatable bonds is 6. The number of halogens is 1. The molecule has 1 amide bonds. The maximum Gasteiger partial charge on any atom is 0.358 e. The Bertz CT molecular complexity index is 1100. The summed E-state index contributed by atoms with van der Waals surface area (Å²) in [5.41, 5.74) is -0.0115. The lowest BCUT2D eigenvalue weighted by molar-refractivity contribution is -0.387. The van der Waals surface area contributed by atoms with Crippen LogP contribution in [0.2, 0.25) is 0 Å². The summed E-state index contributed by atoms with van der Waals surface area (Å²) >= 11 is 1.22. The number of hydrogen-bond donors (Lipinski definition) is 1. The molecule has 0 radical (unpaired) electrons. The molecule has 2 aromatic heterocycles. The number of ether oxygens (including phenoxy) is 1. The van der Waals surface area contributed by atoms with Crippen LogP contribution in [0.3, 0.4) is 0 Å². The summed E-state index contributed by atoms with van der Waals surface area (Å²) < 4.78 is 20.1. The number of carbonyl (C=O) groups is 2. The molecule has 3 aromatic rings. The van der Waals surface area contributed by atoms with Crippen LogP contribution in [0, 0.1) is 15.9 Å². The number of nitrogens with zero attached hydrogens (tertiary/aromatic N) is 4. The van der Waals surface area contributed by atoms with Crippen molar-refractivity contribution in [3.8, 4) is 10.6 Å². The van der Waals surface area contributed by atoms with E-state index in [4.69, 9.17) is 4.74 Å². The Hall–Kier alpha value is -3.67. The van der Waals surface area contributed by atoms with Crippen LogP contribution in [-0.4, -0.2) is 37.7 Å². The lowest BCUT2D eigenvalue weighted by Gasteiger charge is -2.12. The van der Waals surface area contributed by atoms with Gasteiger partial charge in [-0.3, -0.25) is 19.6 Å². The number of aromatic nitrogens is 3. The largest absolute Gasteiger partial charge is 0.448 e. The molecule has 0 saturated carbocycles. The number of anilines is 1. The van der Waals surface area contributed by atoms with E-state index in [0.717, 1.165) is 23.8 Å². The van der Waals surface area contributed by atoms with Gasteiger partial charge in [-0.1, -0.05) is 0 Å². The van der Waals surface area contributed by atoms with E-state index in [9.17, 15) is 24.1 Å². The van der Waals surface area contributed by atoms with Crippen molar-refractivity contribution in [1.82, 2.24) is 14.8 Å². The van der Waals surface area contributed by atoms with Gasteiger partial charge in [0.2, 0.25) is 5.82 Å². The zero-order valence-corrected chi connectivity index (χ0v) is 16.0. The molecule has 12 heteroatoms. The van der Waals surface area contributed by atoms with Gasteiger partial charge in [0.1, 0.15) is 5.01 Å². The third-order valence-electron chi connectivity index (χ3n) is 3.73. The van der Waals surface area contributed by atoms with Crippen molar-refractivity contribution in [2.75, 3.05) is 5.32 Å². The van der Waals surface area contributed by atoms with Crippen molar-refractivity contribution in [3.05, 3.63) is 57.6 Å². The molecule has 0 bridgehead atoms. The SMILES string of the molecule is CC(OC(=O)c1csc(-c2cnn(C)c2)n1)C(=O)Nc1ccc(F)c([N+](=O)[O-])c1. The Kier molecular flexibility index (Phi) is 5.64. The van der Waals surface area contributed by atoms with Crippen molar-refractivity contribution in [2.45, 2.75) is 13.0 Å². The zero-order chi connectivity index (χ0) is 21.1. The summed E-state index contributed by atoms with van der Waals surface area (Å²) in [5, 5.41) is 19.2. The number of amides is 1. The second-order valence-electron chi connectivity index (χ2n) is 5.90. The molecule has 10 nitrogen and oxygen atoms in total. The number of nitro benzene ring substituents is 1. The number of hydrogen-bond acceptors (Lipinski definition) is 8. The van der Waals surface area contributed by atoms with Gasteiger partial charge >= 0.3 is 11.7 Å². The smallest absolute Gasteiger partial charge is 0.358 e. The standard InChI is InChI=1S/C17H14FN5O5S/c1-9(15(24)20-11-3-4-12(18)14(5-11)23(26)27)28-17(25)13-8-29-16(21-13)10-6-19-22(2)7-10/h3-9H,1-2H3,(H,20,24). The highest BCUT2D eigenvalue weighted by atomic mass is 32.1. The number of esters is 1. The molecular weight excluding hydrogens is 405 g/mol. The van der Waals surface area contributed by atoms with Crippen LogP contribution in [0.15, 0.2) is 36.0 Å². The molecule has 150 valence electrons. The minimum absolute atomic E-state index is 0.00137. The van der Waals surface area contributed by atoms with E-state index in [1.807, 2.05) is 0 Å². The molecular formula is C17H14FN5O5S. The molecule has 1 aromatic carbocycles. The van der Waals surface area contributed by atoms with Crippen LogP contribution in [-0.2, 0) is 16.6 Å². The predicted octanol–water partition coefficient (Wildman–Crippen LogP) is 2.77. The van der Waals surface area contributed by atoms with Crippen LogP contribution in [0.25, 0.3) is 10.6 Å². The number of carbonyl (C=O) groups excluding carboxylic acids is 2. The monoisotopic (exact) mass is 419 g/mol. The highest BCUT2D eigenvalue weighted by molar-refractivity contribution is 7.13. The van der Waals surface area contributed by atoms with Gasteiger partial charge in [-0.05, 0) is 19.1 Å². The van der Waals surface area contributed by atoms with Crippen molar-refractivity contribution in [1.29, 1.82) is 0 Å². The Labute approximate surface area is 167 Å². The molecule has 1 unspecified atom stereocenters. The van der Waals surface area contributed by atoms with E-state index in [1.165, 1.54) is 23.6 Å². The fourth-order valence-electron chi connectivity index (χ4n) is 2.28. The predicted molar refractivity (Wildman–Crippen MR) is 101 cm³/mol. The fraction of sp³-hybridized carbons (Fsp3) is 0.176. The molecule has 2 heterocycles. The zero-order valence-electron chi connectivity index (χ0n) is 15.2. The minimum Gasteiger partial charge on any atom is -0.448 e. The van der Waals surface area contributed by atoms with Gasteiger partial charge in [0.05, 0.1) is 11.1 Å². The minimum atomic E-state index is -1.21. The summed E-state index contributed by atoms with van der Waals surface area (Å²) in [6.07, 6.45) is 2.13. The van der Waals surface area contributed by atoms with E-state index < -0.39 is 34.4 Å². The quantitative estimate of drug-likeness (QED) is 0.369. The summed E-state index contributed by atoms with van der Waals surface area (Å²) in [4.78, 5) is 38.5. The van der Waals surface area contributed by atoms with Gasteiger partial charge in [0, 0.05) is 35.9 Å². The highest BCUT2D eigenvalue weighted by Crippen LogP contribution is 2.24.